The third-order valence-electron chi connectivity index (χ3n) is 4.97. The number of rotatable bonds is 5. The fraction of sp³-hybridized carbons (Fsp3) is 0.143. The SMILES string of the molecule is COc1ccc(Cn2c(N)c(S(=O)(=O)c3ccc(C)cc3)c3cn[nH]c(=O)c32)cc1. The molecule has 0 unspecified atom stereocenters. The molecule has 0 fully saturated rings. The Labute approximate surface area is 172 Å². The predicted octanol–water partition coefficient (Wildman–Crippen LogP) is 2.50. The molecule has 0 aliphatic rings. The molecule has 4 rings (SSSR count). The summed E-state index contributed by atoms with van der Waals surface area (Å²) in [6.07, 6.45) is 1.32. The molecule has 2 aromatic heterocycles. The first kappa shape index (κ1) is 19.7. The number of benzene rings is 2. The Morgan fingerprint density at radius 1 is 1.10 bits per heavy atom. The van der Waals surface area contributed by atoms with E-state index in [-0.39, 0.29) is 33.1 Å². The van der Waals surface area contributed by atoms with Gasteiger partial charge in [0.2, 0.25) is 9.84 Å². The van der Waals surface area contributed by atoms with Gasteiger partial charge in [-0.05, 0) is 36.8 Å². The molecule has 0 spiro atoms. The lowest BCUT2D eigenvalue weighted by atomic mass is 10.2. The molecule has 8 nitrogen and oxygen atoms in total. The zero-order chi connectivity index (χ0) is 21.5. The molecule has 0 bridgehead atoms. The van der Waals surface area contributed by atoms with Gasteiger partial charge in [0.15, 0.2) is 0 Å². The minimum Gasteiger partial charge on any atom is -0.497 e. The van der Waals surface area contributed by atoms with Crippen LogP contribution in [-0.4, -0.2) is 30.3 Å². The fourth-order valence-corrected chi connectivity index (χ4v) is 4.96. The molecule has 0 amide bonds. The highest BCUT2D eigenvalue weighted by Crippen LogP contribution is 2.34. The summed E-state index contributed by atoms with van der Waals surface area (Å²) in [5.41, 5.74) is 7.72. The first-order chi connectivity index (χ1) is 14.3. The first-order valence-electron chi connectivity index (χ1n) is 9.13. The van der Waals surface area contributed by atoms with Crippen molar-refractivity contribution in [2.45, 2.75) is 23.3 Å². The first-order valence-corrected chi connectivity index (χ1v) is 10.6. The van der Waals surface area contributed by atoms with Gasteiger partial charge in [0.25, 0.3) is 5.56 Å². The van der Waals surface area contributed by atoms with Gasteiger partial charge in [-0.25, -0.2) is 13.5 Å². The van der Waals surface area contributed by atoms with E-state index in [1.165, 1.54) is 22.9 Å². The molecule has 4 aromatic rings. The van der Waals surface area contributed by atoms with E-state index in [1.54, 1.807) is 31.4 Å². The number of methoxy groups -OCH3 is 1. The molecule has 0 atom stereocenters. The van der Waals surface area contributed by atoms with Crippen molar-refractivity contribution < 1.29 is 13.2 Å². The summed E-state index contributed by atoms with van der Waals surface area (Å²) in [5, 5.41) is 6.34. The van der Waals surface area contributed by atoms with Crippen molar-refractivity contribution in [3.63, 3.8) is 0 Å². The van der Waals surface area contributed by atoms with Crippen LogP contribution in [0, 0.1) is 6.92 Å². The third-order valence-corrected chi connectivity index (χ3v) is 6.83. The van der Waals surface area contributed by atoms with Crippen molar-refractivity contribution in [2.24, 2.45) is 0 Å². The zero-order valence-corrected chi connectivity index (χ0v) is 17.2. The highest BCUT2D eigenvalue weighted by Gasteiger charge is 2.29. The van der Waals surface area contributed by atoms with Gasteiger partial charge in [-0.2, -0.15) is 5.10 Å². The summed E-state index contributed by atoms with van der Waals surface area (Å²) in [4.78, 5) is 12.5. The molecule has 9 heteroatoms. The maximum atomic E-state index is 13.4. The monoisotopic (exact) mass is 424 g/mol. The second kappa shape index (κ2) is 7.34. The van der Waals surface area contributed by atoms with Crippen molar-refractivity contribution in [1.29, 1.82) is 0 Å². The van der Waals surface area contributed by atoms with Crippen LogP contribution in [0.2, 0.25) is 0 Å². The van der Waals surface area contributed by atoms with Crippen LogP contribution >= 0.6 is 0 Å². The number of aryl methyl sites for hydroxylation is 1. The number of H-pyrrole nitrogens is 1. The Bertz CT molecular complexity index is 1390. The Kier molecular flexibility index (Phi) is 4.83. The number of aromatic nitrogens is 3. The van der Waals surface area contributed by atoms with E-state index in [2.05, 4.69) is 10.2 Å². The van der Waals surface area contributed by atoms with Gasteiger partial charge in [0.05, 0.1) is 18.2 Å². The fourth-order valence-electron chi connectivity index (χ4n) is 3.40. The number of hydrogen-bond donors (Lipinski definition) is 2. The highest BCUT2D eigenvalue weighted by atomic mass is 32.2. The third kappa shape index (κ3) is 3.22. The second-order valence-corrected chi connectivity index (χ2v) is 8.81. The van der Waals surface area contributed by atoms with Crippen LogP contribution in [0.3, 0.4) is 0 Å². The van der Waals surface area contributed by atoms with Gasteiger partial charge in [-0.1, -0.05) is 29.8 Å². The maximum Gasteiger partial charge on any atom is 0.288 e. The molecular weight excluding hydrogens is 404 g/mol. The quantitative estimate of drug-likeness (QED) is 0.508. The molecule has 0 radical (unpaired) electrons. The number of nitrogens with one attached hydrogen (secondary N) is 1. The van der Waals surface area contributed by atoms with E-state index in [1.807, 2.05) is 19.1 Å². The average Bonchev–Trinajstić information content (AvgIpc) is 3.02. The van der Waals surface area contributed by atoms with Crippen molar-refractivity contribution in [3.8, 4) is 5.75 Å². The van der Waals surface area contributed by atoms with Crippen molar-refractivity contribution in [2.75, 3.05) is 12.8 Å². The van der Waals surface area contributed by atoms with Crippen LogP contribution in [-0.2, 0) is 16.4 Å². The van der Waals surface area contributed by atoms with Gasteiger partial charge in [-0.3, -0.25) is 4.79 Å². The van der Waals surface area contributed by atoms with Crippen LogP contribution < -0.4 is 16.0 Å². The van der Waals surface area contributed by atoms with Gasteiger partial charge in [-0.15, -0.1) is 0 Å². The van der Waals surface area contributed by atoms with Crippen LogP contribution in [0.25, 0.3) is 10.9 Å². The summed E-state index contributed by atoms with van der Waals surface area (Å²) in [5.74, 6) is 0.675. The number of nitrogen functional groups attached to an aromatic ring is 1. The lowest BCUT2D eigenvalue weighted by molar-refractivity contribution is 0.414. The molecule has 0 saturated carbocycles. The van der Waals surface area contributed by atoms with E-state index < -0.39 is 15.4 Å². The normalized spacial score (nSPS) is 11.7. The van der Waals surface area contributed by atoms with Gasteiger partial charge in [0.1, 0.15) is 22.0 Å². The molecule has 154 valence electrons. The summed E-state index contributed by atoms with van der Waals surface area (Å²) < 4.78 is 33.4. The average molecular weight is 424 g/mol. The molecule has 2 heterocycles. The summed E-state index contributed by atoms with van der Waals surface area (Å²) in [6, 6.07) is 13.7. The maximum absolute atomic E-state index is 13.4. The smallest absolute Gasteiger partial charge is 0.288 e. The predicted molar refractivity (Wildman–Crippen MR) is 113 cm³/mol. The minimum atomic E-state index is -3.97. The lowest BCUT2D eigenvalue weighted by Crippen LogP contribution is -2.14. The second-order valence-electron chi connectivity index (χ2n) is 6.93. The Morgan fingerprint density at radius 3 is 2.40 bits per heavy atom. The largest absolute Gasteiger partial charge is 0.497 e. The van der Waals surface area contributed by atoms with Gasteiger partial charge >= 0.3 is 0 Å². The number of nitrogens with zero attached hydrogens (tertiary/aromatic N) is 2. The summed E-state index contributed by atoms with van der Waals surface area (Å²) >= 11 is 0. The number of aromatic amines is 1. The number of nitrogens with two attached hydrogens (primary N) is 1. The van der Waals surface area contributed by atoms with Crippen LogP contribution in [0.4, 0.5) is 5.82 Å². The standard InChI is InChI=1S/C21H20N4O4S/c1-13-3-9-16(10-4-13)30(27,28)19-17-11-23-24-21(26)18(17)25(20(19)22)12-14-5-7-15(29-2)8-6-14/h3-11H,12,22H2,1-2H3,(H,24,26). The number of sulfone groups is 1. The van der Waals surface area contributed by atoms with E-state index >= 15 is 0 Å². The zero-order valence-electron chi connectivity index (χ0n) is 16.4. The summed E-state index contributed by atoms with van der Waals surface area (Å²) in [6.45, 7) is 2.08. The number of fused-ring (bicyclic) bond motifs is 1. The van der Waals surface area contributed by atoms with E-state index in [0.717, 1.165) is 11.1 Å². The molecule has 30 heavy (non-hydrogen) atoms. The molecule has 0 saturated heterocycles. The van der Waals surface area contributed by atoms with Crippen molar-refractivity contribution in [1.82, 2.24) is 14.8 Å². The van der Waals surface area contributed by atoms with Crippen LogP contribution in [0.15, 0.2) is 69.3 Å². The van der Waals surface area contributed by atoms with Gasteiger partial charge < -0.3 is 15.0 Å². The van der Waals surface area contributed by atoms with E-state index in [0.29, 0.717) is 5.75 Å². The minimum absolute atomic E-state index is 0.0140. The van der Waals surface area contributed by atoms with E-state index in [4.69, 9.17) is 10.5 Å². The van der Waals surface area contributed by atoms with Crippen LogP contribution in [0.1, 0.15) is 11.1 Å². The highest BCUT2D eigenvalue weighted by molar-refractivity contribution is 7.92. The molecular formula is C21H20N4O4S. The molecule has 0 aliphatic carbocycles. The number of anilines is 1. The topological polar surface area (TPSA) is 120 Å². The molecule has 3 N–H and O–H groups in total. The Balaban J connectivity index is 1.93. The number of ether oxygens (including phenoxy) is 1. The van der Waals surface area contributed by atoms with Crippen molar-refractivity contribution in [3.05, 3.63) is 76.2 Å². The summed E-state index contributed by atoms with van der Waals surface area (Å²) in [7, 11) is -2.40. The van der Waals surface area contributed by atoms with Gasteiger partial charge in [0, 0.05) is 11.9 Å². The van der Waals surface area contributed by atoms with Crippen molar-refractivity contribution >= 4 is 26.6 Å². The number of hydrogen-bond acceptors (Lipinski definition) is 6. The van der Waals surface area contributed by atoms with Crippen LogP contribution in [0.5, 0.6) is 5.75 Å². The lowest BCUT2D eigenvalue weighted by Gasteiger charge is -2.09. The van der Waals surface area contributed by atoms with E-state index in [9.17, 15) is 13.2 Å². The molecule has 2 aromatic carbocycles. The Morgan fingerprint density at radius 2 is 1.77 bits per heavy atom. The Hall–Kier alpha value is -3.59. The molecule has 0 aliphatic heterocycles.